The molecule has 10 heteroatoms. The van der Waals surface area contributed by atoms with E-state index in [1.165, 1.54) is 17.5 Å². The zero-order valence-electron chi connectivity index (χ0n) is 17.5. The molecule has 0 aliphatic carbocycles. The fourth-order valence-electron chi connectivity index (χ4n) is 3.50. The third-order valence-electron chi connectivity index (χ3n) is 5.15. The molecule has 1 fully saturated rings. The van der Waals surface area contributed by atoms with Gasteiger partial charge in [0.2, 0.25) is 21.8 Å². The first-order valence-corrected chi connectivity index (χ1v) is 11.2. The van der Waals surface area contributed by atoms with E-state index in [0.717, 1.165) is 12.8 Å². The highest BCUT2D eigenvalue weighted by atomic mass is 32.2. The summed E-state index contributed by atoms with van der Waals surface area (Å²) in [6.07, 6.45) is 1.69. The Morgan fingerprint density at radius 1 is 0.806 bits per heavy atom. The van der Waals surface area contributed by atoms with Gasteiger partial charge < -0.3 is 18.6 Å². The van der Waals surface area contributed by atoms with E-state index in [-0.39, 0.29) is 22.4 Å². The van der Waals surface area contributed by atoms with Crippen molar-refractivity contribution in [3.63, 3.8) is 0 Å². The Balaban J connectivity index is 1.71. The maximum atomic E-state index is 13.1. The molecule has 9 nitrogen and oxygen atoms in total. The fraction of sp³-hybridized carbons (Fsp3) is 0.333. The topological polar surface area (TPSA) is 104 Å². The van der Waals surface area contributed by atoms with Gasteiger partial charge >= 0.3 is 0 Å². The number of hydrogen-bond acceptors (Lipinski definition) is 8. The van der Waals surface area contributed by atoms with Crippen molar-refractivity contribution < 1.29 is 27.0 Å². The van der Waals surface area contributed by atoms with Crippen molar-refractivity contribution >= 4 is 10.0 Å². The Morgan fingerprint density at radius 2 is 1.35 bits per heavy atom. The van der Waals surface area contributed by atoms with Gasteiger partial charge in [-0.05, 0) is 49.2 Å². The second-order valence-corrected chi connectivity index (χ2v) is 8.87. The summed E-state index contributed by atoms with van der Waals surface area (Å²) in [7, 11) is 0.856. The van der Waals surface area contributed by atoms with Crippen LogP contribution in [-0.4, -0.2) is 57.3 Å². The first-order chi connectivity index (χ1) is 15.0. The summed E-state index contributed by atoms with van der Waals surface area (Å²) in [5.41, 5.74) is 1.13. The van der Waals surface area contributed by atoms with E-state index < -0.39 is 10.0 Å². The minimum absolute atomic E-state index is 0.0836. The summed E-state index contributed by atoms with van der Waals surface area (Å²) in [4.78, 5) is 0.0836. The normalized spacial score (nSPS) is 14.5. The zero-order valence-corrected chi connectivity index (χ0v) is 18.3. The molecule has 164 valence electrons. The molecule has 1 aromatic heterocycles. The second kappa shape index (κ2) is 8.56. The van der Waals surface area contributed by atoms with E-state index in [2.05, 4.69) is 10.2 Å². The first-order valence-electron chi connectivity index (χ1n) is 9.72. The highest BCUT2D eigenvalue weighted by Crippen LogP contribution is 2.35. The largest absolute Gasteiger partial charge is 0.495 e. The monoisotopic (exact) mass is 445 g/mol. The van der Waals surface area contributed by atoms with Gasteiger partial charge in [-0.15, -0.1) is 10.2 Å². The lowest BCUT2D eigenvalue weighted by atomic mass is 10.2. The molecule has 0 radical (unpaired) electrons. The zero-order chi connectivity index (χ0) is 22.0. The molecule has 0 N–H and O–H groups in total. The number of nitrogens with zero attached hydrogens (tertiary/aromatic N) is 3. The van der Waals surface area contributed by atoms with Gasteiger partial charge in [0, 0.05) is 24.2 Å². The summed E-state index contributed by atoms with van der Waals surface area (Å²) in [5, 5.41) is 8.20. The molecule has 0 atom stereocenters. The summed E-state index contributed by atoms with van der Waals surface area (Å²) >= 11 is 0. The molecule has 3 aromatic rings. The highest BCUT2D eigenvalue weighted by Gasteiger charge is 2.30. The van der Waals surface area contributed by atoms with E-state index in [1.807, 2.05) is 0 Å². The number of benzene rings is 2. The Hall–Kier alpha value is -3.11. The maximum absolute atomic E-state index is 13.1. The molecular weight excluding hydrogens is 422 g/mol. The lowest BCUT2D eigenvalue weighted by Gasteiger charge is -2.18. The molecule has 0 amide bonds. The number of ether oxygens (including phenoxy) is 3. The van der Waals surface area contributed by atoms with E-state index in [0.29, 0.717) is 35.7 Å². The smallest absolute Gasteiger partial charge is 0.248 e. The highest BCUT2D eigenvalue weighted by molar-refractivity contribution is 7.89. The van der Waals surface area contributed by atoms with Crippen molar-refractivity contribution in [1.82, 2.24) is 14.5 Å². The van der Waals surface area contributed by atoms with E-state index in [9.17, 15) is 8.42 Å². The van der Waals surface area contributed by atoms with Crippen LogP contribution in [0.25, 0.3) is 22.9 Å². The van der Waals surface area contributed by atoms with Gasteiger partial charge in [-0.25, -0.2) is 8.42 Å². The third kappa shape index (κ3) is 3.96. The van der Waals surface area contributed by atoms with Crippen LogP contribution in [-0.2, 0) is 10.0 Å². The fourth-order valence-corrected chi connectivity index (χ4v) is 5.20. The SMILES string of the molecule is COc1ccc(-c2nnc(-c3ccc(OC)c(S(=O)(=O)N4CCCC4)c3)o2)cc1OC. The number of aromatic nitrogens is 2. The van der Waals surface area contributed by atoms with Crippen LogP contribution in [0.2, 0.25) is 0 Å². The molecule has 1 aliphatic heterocycles. The van der Waals surface area contributed by atoms with Crippen molar-refractivity contribution in [2.75, 3.05) is 34.4 Å². The average Bonchev–Trinajstić information content (AvgIpc) is 3.51. The molecule has 2 heterocycles. The van der Waals surface area contributed by atoms with Gasteiger partial charge in [0.25, 0.3) is 0 Å². The maximum Gasteiger partial charge on any atom is 0.248 e. The Bertz CT molecular complexity index is 1190. The molecular formula is C21H23N3O6S. The van der Waals surface area contributed by atoms with Crippen molar-refractivity contribution in [1.29, 1.82) is 0 Å². The lowest BCUT2D eigenvalue weighted by molar-refractivity contribution is 0.355. The van der Waals surface area contributed by atoms with E-state index >= 15 is 0 Å². The van der Waals surface area contributed by atoms with Crippen molar-refractivity contribution in [3.05, 3.63) is 36.4 Å². The predicted molar refractivity (Wildman–Crippen MR) is 113 cm³/mol. The molecule has 0 spiro atoms. The molecule has 1 aliphatic rings. The summed E-state index contributed by atoms with van der Waals surface area (Å²) in [6.45, 7) is 0.999. The van der Waals surface area contributed by atoms with Gasteiger partial charge in [-0.1, -0.05) is 0 Å². The lowest BCUT2D eigenvalue weighted by Crippen LogP contribution is -2.28. The average molecular weight is 445 g/mol. The predicted octanol–water partition coefficient (Wildman–Crippen LogP) is 3.21. The van der Waals surface area contributed by atoms with E-state index in [4.69, 9.17) is 18.6 Å². The minimum atomic E-state index is -3.69. The van der Waals surface area contributed by atoms with Crippen LogP contribution in [0.15, 0.2) is 45.7 Å². The molecule has 0 saturated carbocycles. The van der Waals surface area contributed by atoms with Gasteiger partial charge in [0.1, 0.15) is 10.6 Å². The quantitative estimate of drug-likeness (QED) is 0.546. The Morgan fingerprint density at radius 3 is 1.94 bits per heavy atom. The molecule has 1 saturated heterocycles. The Labute approximate surface area is 180 Å². The second-order valence-electron chi connectivity index (χ2n) is 6.96. The number of methoxy groups -OCH3 is 3. The first kappa shape index (κ1) is 21.1. The number of sulfonamides is 1. The van der Waals surface area contributed by atoms with Crippen LogP contribution in [0.3, 0.4) is 0 Å². The van der Waals surface area contributed by atoms with Gasteiger partial charge in [0.15, 0.2) is 11.5 Å². The van der Waals surface area contributed by atoms with E-state index in [1.54, 1.807) is 44.6 Å². The molecule has 31 heavy (non-hydrogen) atoms. The number of rotatable bonds is 7. The summed E-state index contributed by atoms with van der Waals surface area (Å²) in [6, 6.07) is 10.0. The minimum Gasteiger partial charge on any atom is -0.495 e. The number of hydrogen-bond donors (Lipinski definition) is 0. The van der Waals surface area contributed by atoms with Gasteiger partial charge in [0.05, 0.1) is 21.3 Å². The molecule has 4 rings (SSSR count). The summed E-state index contributed by atoms with van der Waals surface area (Å²) in [5.74, 6) is 1.86. The molecule has 0 bridgehead atoms. The molecule has 0 unspecified atom stereocenters. The van der Waals surface area contributed by atoms with Crippen LogP contribution in [0.4, 0.5) is 0 Å². The third-order valence-corrected chi connectivity index (χ3v) is 7.07. The van der Waals surface area contributed by atoms with Crippen LogP contribution >= 0.6 is 0 Å². The summed E-state index contributed by atoms with van der Waals surface area (Å²) < 4.78 is 49.4. The van der Waals surface area contributed by atoms with Gasteiger partial charge in [-0.2, -0.15) is 4.31 Å². The standard InChI is InChI=1S/C21H23N3O6S/c1-27-16-8-6-14(12-18(16)29-3)20-22-23-21(30-20)15-7-9-17(28-2)19(13-15)31(25,26)24-10-4-5-11-24/h6-9,12-13H,4-5,10-11H2,1-3H3. The van der Waals surface area contributed by atoms with Crippen LogP contribution in [0.1, 0.15) is 12.8 Å². The van der Waals surface area contributed by atoms with Crippen LogP contribution < -0.4 is 14.2 Å². The van der Waals surface area contributed by atoms with Crippen LogP contribution in [0, 0.1) is 0 Å². The van der Waals surface area contributed by atoms with Crippen LogP contribution in [0.5, 0.6) is 17.2 Å². The molecule has 2 aromatic carbocycles. The van der Waals surface area contributed by atoms with Crippen molar-refractivity contribution in [2.45, 2.75) is 17.7 Å². The Kier molecular flexibility index (Phi) is 5.84. The van der Waals surface area contributed by atoms with Crippen molar-refractivity contribution in [3.8, 4) is 40.2 Å². The van der Waals surface area contributed by atoms with Gasteiger partial charge in [-0.3, -0.25) is 0 Å². The van der Waals surface area contributed by atoms with Crippen molar-refractivity contribution in [2.24, 2.45) is 0 Å².